The van der Waals surface area contributed by atoms with Gasteiger partial charge in [0.1, 0.15) is 4.88 Å². The molecule has 2 aromatic rings. The lowest BCUT2D eigenvalue weighted by atomic mass is 10.2. The smallest absolute Gasteiger partial charge is 0.281 e. The molecule has 0 atom stereocenters. The van der Waals surface area contributed by atoms with Gasteiger partial charge in [0.2, 0.25) is 0 Å². The topological polar surface area (TPSA) is 75.2 Å². The molecule has 0 aliphatic carbocycles. The van der Waals surface area contributed by atoms with Crippen LogP contribution < -0.4 is 16.2 Å². The van der Waals surface area contributed by atoms with Gasteiger partial charge in [0.25, 0.3) is 11.8 Å². The van der Waals surface area contributed by atoms with Crippen molar-refractivity contribution in [3.63, 3.8) is 0 Å². The van der Waals surface area contributed by atoms with Gasteiger partial charge in [-0.3, -0.25) is 25.8 Å². The Hall–Kier alpha value is -2.10. The van der Waals surface area contributed by atoms with E-state index in [1.807, 2.05) is 6.07 Å². The summed E-state index contributed by atoms with van der Waals surface area (Å²) in [6.45, 7) is 1.80. The monoisotopic (exact) mass is 366 g/mol. The largest absolute Gasteiger partial charge is 0.330 e. The number of carbonyl (C=O) groups is 2. The van der Waals surface area contributed by atoms with E-state index in [0.29, 0.717) is 14.4 Å². The summed E-state index contributed by atoms with van der Waals surface area (Å²) in [4.78, 5) is 24.5. The molecule has 1 aromatic heterocycles. The van der Waals surface area contributed by atoms with E-state index in [1.165, 1.54) is 11.3 Å². The van der Waals surface area contributed by atoms with E-state index in [4.69, 9.17) is 24.4 Å². The molecule has 0 radical (unpaired) electrons. The van der Waals surface area contributed by atoms with E-state index >= 15 is 0 Å². The molecule has 1 heterocycles. The zero-order valence-electron chi connectivity index (χ0n) is 12.4. The van der Waals surface area contributed by atoms with Crippen LogP contribution in [-0.2, 0) is 7.05 Å². The first-order valence-corrected chi connectivity index (χ1v) is 8.16. The number of thiocarbonyl (C=S) groups is 1. The molecule has 2 amide bonds. The second kappa shape index (κ2) is 7.44. The summed E-state index contributed by atoms with van der Waals surface area (Å²) in [5.74, 6) is -0.723. The lowest BCUT2D eigenvalue weighted by molar-refractivity contribution is 0.0937. The van der Waals surface area contributed by atoms with Gasteiger partial charge in [-0.2, -0.15) is 0 Å². The summed E-state index contributed by atoms with van der Waals surface area (Å²) in [5.41, 5.74) is 6.18. The summed E-state index contributed by atoms with van der Waals surface area (Å²) >= 11 is 11.3. The highest BCUT2D eigenvalue weighted by Gasteiger charge is 2.15. The first-order valence-electron chi connectivity index (χ1n) is 6.53. The minimum absolute atomic E-state index is 0.00406. The molecule has 6 nitrogen and oxygen atoms in total. The van der Waals surface area contributed by atoms with Crippen molar-refractivity contribution in [3.8, 4) is 0 Å². The zero-order chi connectivity index (χ0) is 17.0. The molecule has 1 aromatic carbocycles. The van der Waals surface area contributed by atoms with Crippen LogP contribution in [0.4, 0.5) is 0 Å². The van der Waals surface area contributed by atoms with Crippen LogP contribution in [-0.4, -0.2) is 21.5 Å². The number of nitrogens with zero attached hydrogens (tertiary/aromatic N) is 1. The van der Waals surface area contributed by atoms with Crippen molar-refractivity contribution in [2.75, 3.05) is 0 Å². The summed E-state index contributed by atoms with van der Waals surface area (Å²) in [6, 6.07) is 8.63. The molecule has 0 unspecified atom stereocenters. The summed E-state index contributed by atoms with van der Waals surface area (Å²) in [7, 11) is 1.79. The molecule has 2 rings (SSSR count). The van der Waals surface area contributed by atoms with Gasteiger partial charge in [-0.1, -0.05) is 29.5 Å². The molecule has 3 N–H and O–H groups in total. The van der Waals surface area contributed by atoms with Gasteiger partial charge in [0, 0.05) is 18.3 Å². The number of carbonyl (C=O) groups excluding carboxylic acids is 2. The summed E-state index contributed by atoms with van der Waals surface area (Å²) in [5, 5.41) is 2.48. The number of benzene rings is 1. The first-order chi connectivity index (χ1) is 10.9. The Labute approximate surface area is 147 Å². The lowest BCUT2D eigenvalue weighted by Crippen LogP contribution is -2.48. The second-order valence-electron chi connectivity index (χ2n) is 4.57. The number of aromatic nitrogens is 1. The number of hydrogen-bond donors (Lipinski definition) is 3. The number of rotatable bonds is 2. The molecule has 0 saturated heterocycles. The Morgan fingerprint density at radius 2 is 1.78 bits per heavy atom. The quantitative estimate of drug-likeness (QED) is 0.560. The van der Waals surface area contributed by atoms with E-state index in [0.717, 1.165) is 5.69 Å². The van der Waals surface area contributed by atoms with Crippen molar-refractivity contribution >= 4 is 52.7 Å². The van der Waals surface area contributed by atoms with Crippen LogP contribution in [0.2, 0.25) is 0 Å². The highest BCUT2D eigenvalue weighted by Crippen LogP contribution is 2.16. The Morgan fingerprint density at radius 3 is 2.35 bits per heavy atom. The average Bonchev–Trinajstić information content (AvgIpc) is 2.81. The van der Waals surface area contributed by atoms with Gasteiger partial charge in [0.05, 0.1) is 0 Å². The maximum atomic E-state index is 12.1. The van der Waals surface area contributed by atoms with Gasteiger partial charge < -0.3 is 4.57 Å². The normalized spacial score (nSPS) is 10.0. The fraction of sp³-hybridized carbons (Fsp3) is 0.143. The van der Waals surface area contributed by atoms with E-state index < -0.39 is 0 Å². The number of hydrogen-bond acceptors (Lipinski definition) is 5. The Balaban J connectivity index is 1.91. The third-order valence-electron chi connectivity index (χ3n) is 3.05. The number of amides is 2. The summed E-state index contributed by atoms with van der Waals surface area (Å²) in [6.07, 6.45) is 0. The maximum absolute atomic E-state index is 12.1. The van der Waals surface area contributed by atoms with Crippen molar-refractivity contribution in [3.05, 3.63) is 50.4 Å². The molecular weight excluding hydrogens is 352 g/mol. The SMILES string of the molecule is Cc1c(C(=O)NNC(=S)NC(=O)c2ccccc2)sc(=S)n1C. The zero-order valence-corrected chi connectivity index (χ0v) is 14.8. The van der Waals surface area contributed by atoms with Crippen LogP contribution >= 0.6 is 35.8 Å². The van der Waals surface area contributed by atoms with Crippen molar-refractivity contribution in [2.45, 2.75) is 6.92 Å². The molecule has 0 fully saturated rings. The molecule has 9 heteroatoms. The third kappa shape index (κ3) is 4.21. The molecule has 0 aliphatic rings. The maximum Gasteiger partial charge on any atom is 0.281 e. The fourth-order valence-electron chi connectivity index (χ4n) is 1.70. The molecule has 0 aliphatic heterocycles. The Morgan fingerprint density at radius 1 is 1.13 bits per heavy atom. The van der Waals surface area contributed by atoms with Crippen LogP contribution in [0.25, 0.3) is 0 Å². The van der Waals surface area contributed by atoms with Crippen molar-refractivity contribution in [2.24, 2.45) is 7.05 Å². The van der Waals surface area contributed by atoms with Crippen LogP contribution in [0.5, 0.6) is 0 Å². The fourth-order valence-corrected chi connectivity index (χ4v) is 3.10. The third-order valence-corrected chi connectivity index (χ3v) is 4.92. The molecule has 0 bridgehead atoms. The second-order valence-corrected chi connectivity index (χ2v) is 6.62. The van der Waals surface area contributed by atoms with Crippen LogP contribution in [0.1, 0.15) is 25.7 Å². The number of thiazole rings is 1. The number of hydrazine groups is 1. The van der Waals surface area contributed by atoms with Crippen molar-refractivity contribution < 1.29 is 9.59 Å². The highest BCUT2D eigenvalue weighted by atomic mass is 32.1. The van der Waals surface area contributed by atoms with Crippen LogP contribution in [0.15, 0.2) is 30.3 Å². The van der Waals surface area contributed by atoms with Gasteiger partial charge in [0.15, 0.2) is 9.07 Å². The summed E-state index contributed by atoms with van der Waals surface area (Å²) < 4.78 is 2.36. The minimum Gasteiger partial charge on any atom is -0.330 e. The minimum atomic E-state index is -0.365. The highest BCUT2D eigenvalue weighted by molar-refractivity contribution is 7.80. The molecule has 0 spiro atoms. The van der Waals surface area contributed by atoms with E-state index in [1.54, 1.807) is 42.8 Å². The van der Waals surface area contributed by atoms with Crippen LogP contribution in [0, 0.1) is 10.9 Å². The van der Waals surface area contributed by atoms with E-state index in [9.17, 15) is 9.59 Å². The lowest BCUT2D eigenvalue weighted by Gasteiger charge is -2.10. The van der Waals surface area contributed by atoms with E-state index in [-0.39, 0.29) is 16.9 Å². The Kier molecular flexibility index (Phi) is 5.59. The van der Waals surface area contributed by atoms with Gasteiger partial charge >= 0.3 is 0 Å². The van der Waals surface area contributed by atoms with Gasteiger partial charge in [-0.15, -0.1) is 0 Å². The predicted molar refractivity (Wildman–Crippen MR) is 96.0 cm³/mol. The predicted octanol–water partition coefficient (Wildman–Crippen LogP) is 2.07. The number of nitrogens with one attached hydrogen (secondary N) is 3. The molecule has 120 valence electrons. The molecule has 23 heavy (non-hydrogen) atoms. The van der Waals surface area contributed by atoms with E-state index in [2.05, 4.69) is 16.2 Å². The Bertz CT molecular complexity index is 811. The molecular formula is C14H14N4O2S3. The van der Waals surface area contributed by atoms with Crippen LogP contribution in [0.3, 0.4) is 0 Å². The van der Waals surface area contributed by atoms with Gasteiger partial charge in [-0.05, 0) is 43.5 Å². The first kappa shape index (κ1) is 17.3. The average molecular weight is 366 g/mol. The van der Waals surface area contributed by atoms with Crippen molar-refractivity contribution in [1.82, 2.24) is 20.7 Å². The van der Waals surface area contributed by atoms with Crippen molar-refractivity contribution in [1.29, 1.82) is 0 Å². The van der Waals surface area contributed by atoms with Gasteiger partial charge in [-0.25, -0.2) is 0 Å². The standard InChI is InChI=1S/C14H14N4O2S3/c1-8-10(23-14(22)18(8)2)12(20)16-17-13(21)15-11(19)9-6-4-3-5-7-9/h3-7H,1-2H3,(H,16,20)(H2,15,17,19,21). The molecule has 0 saturated carbocycles.